The van der Waals surface area contributed by atoms with Gasteiger partial charge in [-0.1, -0.05) is 152 Å². The lowest BCUT2D eigenvalue weighted by molar-refractivity contribution is 0.669. The molecule has 0 aliphatic heterocycles. The van der Waals surface area contributed by atoms with Gasteiger partial charge in [-0.3, -0.25) is 0 Å². The summed E-state index contributed by atoms with van der Waals surface area (Å²) in [7, 11) is 0. The highest BCUT2D eigenvalue weighted by Crippen LogP contribution is 2.42. The fourth-order valence-electron chi connectivity index (χ4n) is 8.13. The molecule has 8 aromatic carbocycles. The summed E-state index contributed by atoms with van der Waals surface area (Å²) in [6, 6.07) is 67.5. The van der Waals surface area contributed by atoms with E-state index in [4.69, 9.17) is 19.4 Å². The third kappa shape index (κ3) is 5.29. The maximum atomic E-state index is 6.26. The van der Waals surface area contributed by atoms with Crippen molar-refractivity contribution in [1.82, 2.24) is 19.5 Å². The Labute approximate surface area is 322 Å². The number of para-hydroxylation sites is 2. The van der Waals surface area contributed by atoms with Crippen molar-refractivity contribution < 1.29 is 4.42 Å². The minimum Gasteiger partial charge on any atom is -0.456 e. The molecule has 262 valence electrons. The van der Waals surface area contributed by atoms with Gasteiger partial charge in [-0.25, -0.2) is 15.0 Å². The van der Waals surface area contributed by atoms with Crippen molar-refractivity contribution in [3.05, 3.63) is 194 Å². The molecule has 0 aliphatic carbocycles. The Morgan fingerprint density at radius 1 is 0.339 bits per heavy atom. The van der Waals surface area contributed by atoms with Gasteiger partial charge in [0.1, 0.15) is 11.2 Å². The van der Waals surface area contributed by atoms with Gasteiger partial charge in [0.2, 0.25) is 0 Å². The molecule has 0 saturated carbocycles. The molecule has 0 bridgehead atoms. The van der Waals surface area contributed by atoms with Crippen molar-refractivity contribution in [2.75, 3.05) is 0 Å². The van der Waals surface area contributed by atoms with Crippen LogP contribution in [0.4, 0.5) is 0 Å². The summed E-state index contributed by atoms with van der Waals surface area (Å²) in [6.45, 7) is 0. The van der Waals surface area contributed by atoms with Crippen LogP contribution in [0.1, 0.15) is 0 Å². The average Bonchev–Trinajstić information content (AvgIpc) is 3.83. The van der Waals surface area contributed by atoms with Crippen LogP contribution in [0.3, 0.4) is 0 Å². The Hall–Kier alpha value is -7.63. The van der Waals surface area contributed by atoms with Crippen LogP contribution in [0.5, 0.6) is 0 Å². The van der Waals surface area contributed by atoms with Crippen LogP contribution in [0.2, 0.25) is 0 Å². The first-order chi connectivity index (χ1) is 27.8. The lowest BCUT2D eigenvalue weighted by Crippen LogP contribution is -2.01. The fraction of sp³-hybridized carbons (Fsp3) is 0. The molecule has 0 amide bonds. The molecular weight excluding hydrogens is 685 g/mol. The normalized spacial score (nSPS) is 11.6. The molecule has 5 nitrogen and oxygen atoms in total. The van der Waals surface area contributed by atoms with Crippen LogP contribution in [0, 0.1) is 0 Å². The van der Waals surface area contributed by atoms with Gasteiger partial charge < -0.3 is 8.98 Å². The van der Waals surface area contributed by atoms with Crippen molar-refractivity contribution in [2.24, 2.45) is 0 Å². The molecule has 0 saturated heterocycles. The van der Waals surface area contributed by atoms with E-state index in [1.54, 1.807) is 0 Å². The molecule has 0 aliphatic rings. The first-order valence-electron chi connectivity index (χ1n) is 18.8. The zero-order valence-electron chi connectivity index (χ0n) is 30.2. The predicted molar refractivity (Wildman–Crippen MR) is 229 cm³/mol. The first kappa shape index (κ1) is 31.9. The molecular formula is C51H32N4O. The Morgan fingerprint density at radius 2 is 0.839 bits per heavy atom. The Balaban J connectivity index is 1.07. The lowest BCUT2D eigenvalue weighted by atomic mass is 9.94. The fourth-order valence-corrected chi connectivity index (χ4v) is 8.13. The van der Waals surface area contributed by atoms with Gasteiger partial charge in [-0.05, 0) is 64.7 Å². The maximum absolute atomic E-state index is 6.26. The molecule has 0 spiro atoms. The van der Waals surface area contributed by atoms with Gasteiger partial charge in [-0.2, -0.15) is 0 Å². The molecule has 3 heterocycles. The number of rotatable bonds is 6. The molecule has 11 rings (SSSR count). The van der Waals surface area contributed by atoms with Gasteiger partial charge >= 0.3 is 0 Å². The van der Waals surface area contributed by atoms with E-state index in [2.05, 4.69) is 126 Å². The quantitative estimate of drug-likeness (QED) is 0.172. The molecule has 0 radical (unpaired) electrons. The van der Waals surface area contributed by atoms with Crippen molar-refractivity contribution >= 4 is 43.7 Å². The summed E-state index contributed by atoms with van der Waals surface area (Å²) in [6.07, 6.45) is 0. The Morgan fingerprint density at radius 3 is 1.57 bits per heavy atom. The standard InChI is InChI=1S/C51H32N4O/c1-3-15-33(16-4-1)49-52-50(34-17-5-2-6-18-34)54-51(53-49)37-21-12-22-38(32-37)55-43-27-9-7-23-41(43)47-39(25-13-28-44(47)55)35-19-11-20-36(31-35)40-26-14-30-46-48(40)42-24-8-10-29-45(42)56-46/h1-32H. The minimum absolute atomic E-state index is 0.623. The predicted octanol–water partition coefficient (Wildman–Crippen LogP) is 13.2. The van der Waals surface area contributed by atoms with Crippen molar-refractivity contribution in [1.29, 1.82) is 0 Å². The topological polar surface area (TPSA) is 56.7 Å². The Bertz CT molecular complexity index is 3200. The molecule has 5 heteroatoms. The van der Waals surface area contributed by atoms with E-state index in [0.717, 1.165) is 72.0 Å². The number of nitrogens with zero attached hydrogens (tertiary/aromatic N) is 4. The van der Waals surface area contributed by atoms with Crippen LogP contribution >= 0.6 is 0 Å². The summed E-state index contributed by atoms with van der Waals surface area (Å²) in [5.74, 6) is 1.90. The van der Waals surface area contributed by atoms with E-state index in [1.807, 2.05) is 72.8 Å². The third-order valence-electron chi connectivity index (χ3n) is 10.6. The highest BCUT2D eigenvalue weighted by molar-refractivity contribution is 6.16. The van der Waals surface area contributed by atoms with Crippen LogP contribution in [-0.2, 0) is 0 Å². The highest BCUT2D eigenvalue weighted by Gasteiger charge is 2.19. The van der Waals surface area contributed by atoms with E-state index in [0.29, 0.717) is 17.5 Å². The van der Waals surface area contributed by atoms with E-state index < -0.39 is 0 Å². The van der Waals surface area contributed by atoms with Crippen molar-refractivity contribution in [3.63, 3.8) is 0 Å². The minimum atomic E-state index is 0.623. The van der Waals surface area contributed by atoms with E-state index in [9.17, 15) is 0 Å². The van der Waals surface area contributed by atoms with Crippen molar-refractivity contribution in [2.45, 2.75) is 0 Å². The number of hydrogen-bond donors (Lipinski definition) is 0. The molecule has 0 atom stereocenters. The number of aromatic nitrogens is 4. The monoisotopic (exact) mass is 716 g/mol. The number of furan rings is 1. The summed E-state index contributed by atoms with van der Waals surface area (Å²) in [5.41, 5.74) is 12.5. The maximum Gasteiger partial charge on any atom is 0.164 e. The molecule has 3 aromatic heterocycles. The zero-order chi connectivity index (χ0) is 37.0. The summed E-state index contributed by atoms with van der Waals surface area (Å²) < 4.78 is 8.61. The van der Waals surface area contributed by atoms with Crippen LogP contribution < -0.4 is 0 Å². The van der Waals surface area contributed by atoms with Crippen LogP contribution in [0.15, 0.2) is 199 Å². The molecule has 0 N–H and O–H groups in total. The molecule has 0 fully saturated rings. The smallest absolute Gasteiger partial charge is 0.164 e. The van der Waals surface area contributed by atoms with Gasteiger partial charge in [-0.15, -0.1) is 0 Å². The second-order valence-corrected chi connectivity index (χ2v) is 14.0. The molecule has 56 heavy (non-hydrogen) atoms. The zero-order valence-corrected chi connectivity index (χ0v) is 30.2. The largest absolute Gasteiger partial charge is 0.456 e. The number of fused-ring (bicyclic) bond motifs is 6. The highest BCUT2D eigenvalue weighted by atomic mass is 16.3. The average molecular weight is 717 g/mol. The lowest BCUT2D eigenvalue weighted by Gasteiger charge is -2.12. The van der Waals surface area contributed by atoms with Crippen LogP contribution in [0.25, 0.3) is 106 Å². The molecule has 11 aromatic rings. The van der Waals surface area contributed by atoms with E-state index in [1.165, 1.54) is 16.3 Å². The Kier molecular flexibility index (Phi) is 7.42. The summed E-state index contributed by atoms with van der Waals surface area (Å²) >= 11 is 0. The third-order valence-corrected chi connectivity index (χ3v) is 10.6. The second kappa shape index (κ2) is 13.0. The second-order valence-electron chi connectivity index (χ2n) is 14.0. The number of hydrogen-bond acceptors (Lipinski definition) is 4. The van der Waals surface area contributed by atoms with Gasteiger partial charge in [0, 0.05) is 43.9 Å². The van der Waals surface area contributed by atoms with Gasteiger partial charge in [0.05, 0.1) is 11.0 Å². The van der Waals surface area contributed by atoms with Gasteiger partial charge in [0.25, 0.3) is 0 Å². The van der Waals surface area contributed by atoms with E-state index in [-0.39, 0.29) is 0 Å². The van der Waals surface area contributed by atoms with Crippen molar-refractivity contribution in [3.8, 4) is 62.1 Å². The van der Waals surface area contributed by atoms with E-state index >= 15 is 0 Å². The molecule has 0 unspecified atom stereocenters. The number of benzene rings is 8. The summed E-state index contributed by atoms with van der Waals surface area (Å²) in [5, 5.41) is 4.66. The van der Waals surface area contributed by atoms with Crippen LogP contribution in [-0.4, -0.2) is 19.5 Å². The summed E-state index contributed by atoms with van der Waals surface area (Å²) in [4.78, 5) is 15.0. The van der Waals surface area contributed by atoms with Gasteiger partial charge in [0.15, 0.2) is 17.5 Å². The first-order valence-corrected chi connectivity index (χ1v) is 18.8. The SMILES string of the molecule is c1ccc(-c2nc(-c3ccccc3)nc(-c3cccc(-n4c5ccccc5c5c(-c6cccc(-c7cccc8oc9ccccc9c78)c6)cccc54)c3)n2)cc1.